The quantitative estimate of drug-likeness (QED) is 0.285. The molecule has 0 fully saturated rings. The van der Waals surface area contributed by atoms with Crippen LogP contribution in [0.1, 0.15) is 26.7 Å². The summed E-state index contributed by atoms with van der Waals surface area (Å²) < 4.78 is 51.9. The second-order valence-corrected chi connectivity index (χ2v) is 12.1. The minimum Gasteiger partial charge on any atom is -0.488 e. The molecule has 1 heterocycles. The van der Waals surface area contributed by atoms with Gasteiger partial charge in [0, 0.05) is 10.8 Å². The van der Waals surface area contributed by atoms with E-state index in [1.165, 1.54) is 19.9 Å². The first-order valence-electron chi connectivity index (χ1n) is 9.08. The van der Waals surface area contributed by atoms with Crippen LogP contribution in [0.15, 0.2) is 22.4 Å². The lowest BCUT2D eigenvalue weighted by molar-refractivity contribution is 0.291. The Kier molecular flexibility index (Phi) is 8.87. The predicted octanol–water partition coefficient (Wildman–Crippen LogP) is 4.11. The van der Waals surface area contributed by atoms with E-state index in [1.807, 2.05) is 0 Å². The molecule has 0 aliphatic rings. The molecule has 1 aromatic carbocycles. The SMILES string of the molecule is CCC(CC)(NS(=O)(=O)c1cc2cc(OCCCl)c(OCCCl)cc2s1)P(=O)(O)O. The van der Waals surface area contributed by atoms with Crippen molar-refractivity contribution in [2.24, 2.45) is 0 Å². The van der Waals surface area contributed by atoms with Crippen LogP contribution in [0.2, 0.25) is 0 Å². The maximum absolute atomic E-state index is 13.0. The van der Waals surface area contributed by atoms with E-state index in [0.717, 1.165) is 11.3 Å². The van der Waals surface area contributed by atoms with Crippen molar-refractivity contribution in [3.8, 4) is 11.5 Å². The van der Waals surface area contributed by atoms with Crippen molar-refractivity contribution < 1.29 is 32.2 Å². The van der Waals surface area contributed by atoms with Crippen LogP contribution >= 0.6 is 42.1 Å². The molecule has 0 radical (unpaired) electrons. The maximum atomic E-state index is 13.0. The zero-order chi connectivity index (χ0) is 22.6. The van der Waals surface area contributed by atoms with Gasteiger partial charge in [-0.3, -0.25) is 4.57 Å². The van der Waals surface area contributed by atoms with Crippen LogP contribution < -0.4 is 14.2 Å². The Hall–Kier alpha value is -0.580. The second kappa shape index (κ2) is 10.4. The van der Waals surface area contributed by atoms with Crippen molar-refractivity contribution >= 4 is 62.2 Å². The normalized spacial score (nSPS) is 13.0. The van der Waals surface area contributed by atoms with Crippen LogP contribution in [-0.2, 0) is 14.6 Å². The Bertz CT molecular complexity index is 974. The number of benzene rings is 1. The molecule has 0 atom stereocenters. The summed E-state index contributed by atoms with van der Waals surface area (Å²) in [5, 5.41) is -1.29. The molecule has 0 saturated carbocycles. The highest BCUT2D eigenvalue weighted by Gasteiger charge is 2.47. The Balaban J connectivity index is 2.49. The van der Waals surface area contributed by atoms with Crippen molar-refractivity contribution in [1.82, 2.24) is 4.72 Å². The fourth-order valence-electron chi connectivity index (χ4n) is 2.84. The first kappa shape index (κ1) is 25.7. The third-order valence-electron chi connectivity index (χ3n) is 4.55. The topological polar surface area (TPSA) is 122 Å². The Morgan fingerprint density at radius 3 is 2.07 bits per heavy atom. The number of halogens is 2. The summed E-state index contributed by atoms with van der Waals surface area (Å²) >= 11 is 12.3. The third kappa shape index (κ3) is 5.61. The second-order valence-electron chi connectivity index (χ2n) is 6.37. The molecule has 1 aromatic heterocycles. The van der Waals surface area contributed by atoms with E-state index < -0.39 is 22.9 Å². The van der Waals surface area contributed by atoms with Gasteiger partial charge < -0.3 is 19.3 Å². The number of hydrogen-bond donors (Lipinski definition) is 3. The molecule has 170 valence electrons. The van der Waals surface area contributed by atoms with E-state index in [0.29, 0.717) is 21.6 Å². The van der Waals surface area contributed by atoms with Gasteiger partial charge in [-0.05, 0) is 30.4 Å². The van der Waals surface area contributed by atoms with E-state index in [2.05, 4.69) is 4.72 Å². The van der Waals surface area contributed by atoms with Gasteiger partial charge in [0.2, 0.25) is 0 Å². The molecule has 0 bridgehead atoms. The van der Waals surface area contributed by atoms with Gasteiger partial charge in [-0.2, -0.15) is 4.72 Å². The summed E-state index contributed by atoms with van der Waals surface area (Å²) in [6.07, 6.45) is -0.130. The fraction of sp³-hybridized carbons (Fsp3) is 0.529. The Labute approximate surface area is 189 Å². The summed E-state index contributed by atoms with van der Waals surface area (Å²) in [6, 6.07) is 4.71. The number of fused-ring (bicyclic) bond motifs is 1. The highest BCUT2D eigenvalue weighted by Crippen LogP contribution is 2.53. The molecule has 0 aliphatic carbocycles. The lowest BCUT2D eigenvalue weighted by Crippen LogP contribution is -2.46. The lowest BCUT2D eigenvalue weighted by Gasteiger charge is -2.32. The third-order valence-corrected chi connectivity index (χ3v) is 9.97. The number of sulfonamides is 1. The highest BCUT2D eigenvalue weighted by atomic mass is 35.5. The molecular formula is C17H24Cl2NO7PS2. The first-order valence-corrected chi connectivity index (χ1v) is 14.1. The van der Waals surface area contributed by atoms with Crippen molar-refractivity contribution in [1.29, 1.82) is 0 Å². The van der Waals surface area contributed by atoms with Crippen LogP contribution in [0.4, 0.5) is 0 Å². The molecule has 8 nitrogen and oxygen atoms in total. The number of hydrogen-bond acceptors (Lipinski definition) is 6. The van der Waals surface area contributed by atoms with Gasteiger partial charge in [0.05, 0.1) is 11.8 Å². The van der Waals surface area contributed by atoms with Gasteiger partial charge in [-0.15, -0.1) is 34.5 Å². The first-order chi connectivity index (χ1) is 14.0. The van der Waals surface area contributed by atoms with Gasteiger partial charge in [0.1, 0.15) is 22.7 Å². The van der Waals surface area contributed by atoms with Crippen LogP contribution in [-0.4, -0.2) is 48.5 Å². The van der Waals surface area contributed by atoms with E-state index in [-0.39, 0.29) is 42.0 Å². The van der Waals surface area contributed by atoms with E-state index in [1.54, 1.807) is 12.1 Å². The van der Waals surface area contributed by atoms with Gasteiger partial charge in [0.25, 0.3) is 10.0 Å². The largest absolute Gasteiger partial charge is 0.488 e. The average Bonchev–Trinajstić information content (AvgIpc) is 3.11. The van der Waals surface area contributed by atoms with Gasteiger partial charge in [-0.25, -0.2) is 8.42 Å². The zero-order valence-electron chi connectivity index (χ0n) is 16.4. The lowest BCUT2D eigenvalue weighted by atomic mass is 10.2. The van der Waals surface area contributed by atoms with Crippen molar-refractivity contribution in [2.75, 3.05) is 25.0 Å². The van der Waals surface area contributed by atoms with Crippen LogP contribution in [0.25, 0.3) is 10.1 Å². The molecule has 0 spiro atoms. The number of thiophene rings is 1. The number of nitrogens with one attached hydrogen (secondary N) is 1. The molecule has 3 N–H and O–H groups in total. The van der Waals surface area contributed by atoms with E-state index >= 15 is 0 Å². The smallest absolute Gasteiger partial charge is 0.346 e. The standard InChI is InChI=1S/C17H24Cl2NO7PS2/c1-3-17(4-2,28(21,22)23)20-30(24,25)16-10-12-9-13(26-7-5-18)14(27-8-6-19)11-15(12)29-16/h9-11,20H,3-8H2,1-2H3,(H2,21,22,23). The number of alkyl halides is 2. The fourth-order valence-corrected chi connectivity index (χ4v) is 7.47. The molecule has 2 aromatic rings. The summed E-state index contributed by atoms with van der Waals surface area (Å²) in [5.41, 5.74) is 0. The molecule has 0 aliphatic heterocycles. The zero-order valence-corrected chi connectivity index (χ0v) is 20.5. The highest BCUT2D eigenvalue weighted by molar-refractivity contribution is 7.92. The minimum absolute atomic E-state index is 0.0648. The van der Waals surface area contributed by atoms with Crippen molar-refractivity contribution in [3.63, 3.8) is 0 Å². The summed E-state index contributed by atoms with van der Waals surface area (Å²) in [5.74, 6) is 1.33. The molecule has 0 saturated heterocycles. The maximum Gasteiger partial charge on any atom is 0.346 e. The Morgan fingerprint density at radius 1 is 1.07 bits per heavy atom. The summed E-state index contributed by atoms with van der Waals surface area (Å²) in [4.78, 5) is 19.5. The summed E-state index contributed by atoms with van der Waals surface area (Å²) in [7, 11) is -8.94. The molecule has 0 amide bonds. The number of rotatable bonds is 12. The number of ether oxygens (including phenoxy) is 2. The van der Waals surface area contributed by atoms with Crippen molar-refractivity contribution in [2.45, 2.75) is 36.2 Å². The van der Waals surface area contributed by atoms with Gasteiger partial charge >= 0.3 is 7.60 Å². The van der Waals surface area contributed by atoms with E-state index in [4.69, 9.17) is 32.7 Å². The van der Waals surface area contributed by atoms with Crippen LogP contribution in [0.3, 0.4) is 0 Å². The molecule has 13 heteroatoms. The molecule has 0 unspecified atom stereocenters. The Morgan fingerprint density at radius 2 is 1.60 bits per heavy atom. The molecule has 2 rings (SSSR count). The monoisotopic (exact) mass is 519 g/mol. The predicted molar refractivity (Wildman–Crippen MR) is 120 cm³/mol. The van der Waals surface area contributed by atoms with E-state index in [9.17, 15) is 22.8 Å². The van der Waals surface area contributed by atoms with Gasteiger partial charge in [-0.1, -0.05) is 13.8 Å². The summed E-state index contributed by atoms with van der Waals surface area (Å²) in [6.45, 7) is 3.52. The van der Waals surface area contributed by atoms with Crippen molar-refractivity contribution in [3.05, 3.63) is 18.2 Å². The molecular weight excluding hydrogens is 496 g/mol. The van der Waals surface area contributed by atoms with Gasteiger partial charge in [0.15, 0.2) is 11.5 Å². The van der Waals surface area contributed by atoms with Crippen LogP contribution in [0.5, 0.6) is 11.5 Å². The average molecular weight is 520 g/mol. The van der Waals surface area contributed by atoms with Crippen LogP contribution in [0, 0.1) is 0 Å². The molecule has 30 heavy (non-hydrogen) atoms. The minimum atomic E-state index is -4.75.